The van der Waals surface area contributed by atoms with Crippen LogP contribution in [-0.4, -0.2) is 53.9 Å². The number of hydrogen-bond donors (Lipinski definition) is 1. The molecule has 4 rings (SSSR count). The van der Waals surface area contributed by atoms with Crippen LogP contribution in [0.1, 0.15) is 30.4 Å². The van der Waals surface area contributed by atoms with Crippen LogP contribution in [0, 0.1) is 0 Å². The van der Waals surface area contributed by atoms with E-state index >= 15 is 0 Å². The van der Waals surface area contributed by atoms with Crippen LogP contribution in [0.4, 0.5) is 0 Å². The van der Waals surface area contributed by atoms with Gasteiger partial charge >= 0.3 is 5.97 Å². The zero-order valence-corrected chi connectivity index (χ0v) is 24.6. The first-order chi connectivity index (χ1) is 19.3. The summed E-state index contributed by atoms with van der Waals surface area (Å²) in [5.74, 6) is -1.69. The summed E-state index contributed by atoms with van der Waals surface area (Å²) in [6.07, 6.45) is 12.0. The van der Waals surface area contributed by atoms with Crippen molar-refractivity contribution in [1.29, 1.82) is 0 Å². The Bertz CT molecular complexity index is 1420. The van der Waals surface area contributed by atoms with Gasteiger partial charge in [0.15, 0.2) is 0 Å². The normalized spacial score (nSPS) is 18.8. The van der Waals surface area contributed by atoms with E-state index in [1.54, 1.807) is 23.1 Å². The Morgan fingerprint density at radius 3 is 1.88 bits per heavy atom. The van der Waals surface area contributed by atoms with Gasteiger partial charge in [0.05, 0.1) is 9.81 Å². The third kappa shape index (κ3) is 7.66. The molecule has 6 nitrogen and oxygen atoms in total. The number of carbonyl (C=O) groups is 3. The molecule has 204 valence electrons. The van der Waals surface area contributed by atoms with Gasteiger partial charge in [0.25, 0.3) is 11.8 Å². The molecule has 2 amide bonds. The molecule has 0 bridgehead atoms. The Morgan fingerprint density at radius 2 is 1.32 bits per heavy atom. The minimum Gasteiger partial charge on any atom is -0.480 e. The molecule has 0 spiro atoms. The standard InChI is InChI=1S/C30H26N2O4S4/c33-26-24(18-9-15-21-11-3-1-4-12-21)39-29(37)31(26)20-8-7-17-23(28(35)36)32-27(34)25(40-30(32)38)19-10-16-22-13-5-2-6-14-22/h1-6,9-16,18-19,23H,7-8,17,20H2,(H,35,36). The Balaban J connectivity index is 1.30. The van der Waals surface area contributed by atoms with E-state index in [-0.39, 0.29) is 16.6 Å². The molecular weight excluding hydrogens is 581 g/mol. The lowest BCUT2D eigenvalue weighted by atomic mass is 10.1. The number of aliphatic carboxylic acids is 1. The van der Waals surface area contributed by atoms with Gasteiger partial charge in [-0.1, -0.05) is 133 Å². The summed E-state index contributed by atoms with van der Waals surface area (Å²) in [6, 6.07) is 18.3. The minimum atomic E-state index is -1.11. The fourth-order valence-electron chi connectivity index (χ4n) is 4.06. The second kappa shape index (κ2) is 14.4. The average Bonchev–Trinajstić information content (AvgIpc) is 3.38. The smallest absolute Gasteiger partial charge is 0.326 e. The molecule has 10 heteroatoms. The van der Waals surface area contributed by atoms with Crippen molar-refractivity contribution in [3.8, 4) is 0 Å². The predicted molar refractivity (Wildman–Crippen MR) is 171 cm³/mol. The molecule has 1 unspecified atom stereocenters. The Hall–Kier alpha value is -3.31. The molecule has 0 saturated carbocycles. The van der Waals surface area contributed by atoms with Crippen LogP contribution < -0.4 is 0 Å². The van der Waals surface area contributed by atoms with Gasteiger partial charge in [-0.2, -0.15) is 0 Å². The average molecular weight is 607 g/mol. The molecule has 0 radical (unpaired) electrons. The number of carbonyl (C=O) groups excluding carboxylic acids is 2. The Labute approximate surface area is 252 Å². The van der Waals surface area contributed by atoms with Crippen LogP contribution in [0.25, 0.3) is 12.2 Å². The van der Waals surface area contributed by atoms with Gasteiger partial charge in [-0.15, -0.1) is 0 Å². The van der Waals surface area contributed by atoms with Gasteiger partial charge in [-0.3, -0.25) is 19.4 Å². The molecule has 0 aliphatic carbocycles. The molecule has 2 saturated heterocycles. The number of benzene rings is 2. The predicted octanol–water partition coefficient (Wildman–Crippen LogP) is 6.53. The molecule has 2 heterocycles. The number of unbranched alkanes of at least 4 members (excludes halogenated alkanes) is 1. The number of nitrogens with zero attached hydrogens (tertiary/aromatic N) is 2. The molecule has 2 aromatic carbocycles. The summed E-state index contributed by atoms with van der Waals surface area (Å²) in [5, 5.41) is 9.88. The number of hydrogen-bond acceptors (Lipinski definition) is 7. The van der Waals surface area contributed by atoms with Crippen molar-refractivity contribution >= 4 is 86.5 Å². The van der Waals surface area contributed by atoms with E-state index in [1.807, 2.05) is 78.9 Å². The van der Waals surface area contributed by atoms with Crippen molar-refractivity contribution in [2.45, 2.75) is 25.3 Å². The molecule has 0 aromatic heterocycles. The lowest BCUT2D eigenvalue weighted by Crippen LogP contribution is -2.44. The highest BCUT2D eigenvalue weighted by Gasteiger charge is 2.40. The molecule has 2 aromatic rings. The number of amides is 2. The topological polar surface area (TPSA) is 77.9 Å². The first-order valence-electron chi connectivity index (χ1n) is 12.5. The lowest BCUT2D eigenvalue weighted by molar-refractivity contribution is -0.145. The third-order valence-corrected chi connectivity index (χ3v) is 8.82. The van der Waals surface area contributed by atoms with Crippen molar-refractivity contribution in [3.05, 3.63) is 106 Å². The number of allylic oxidation sites excluding steroid dienone is 4. The Morgan fingerprint density at radius 1 is 0.800 bits per heavy atom. The minimum absolute atomic E-state index is 0.159. The van der Waals surface area contributed by atoms with Gasteiger partial charge in [0.2, 0.25) is 0 Å². The fraction of sp³-hybridized carbons (Fsp3) is 0.167. The van der Waals surface area contributed by atoms with E-state index in [9.17, 15) is 19.5 Å². The van der Waals surface area contributed by atoms with E-state index in [4.69, 9.17) is 24.4 Å². The number of thioether (sulfide) groups is 2. The number of rotatable bonds is 11. The quantitative estimate of drug-likeness (QED) is 0.176. The fourth-order valence-corrected chi connectivity index (χ4v) is 6.63. The second-order valence-electron chi connectivity index (χ2n) is 8.82. The molecule has 2 aliphatic rings. The zero-order chi connectivity index (χ0) is 28.5. The molecule has 1 atom stereocenters. The third-order valence-electron chi connectivity index (χ3n) is 6.07. The summed E-state index contributed by atoms with van der Waals surface area (Å²) in [6.45, 7) is 0.374. The van der Waals surface area contributed by atoms with Gasteiger partial charge in [0.1, 0.15) is 14.7 Å². The lowest BCUT2D eigenvalue weighted by Gasteiger charge is -2.23. The van der Waals surface area contributed by atoms with Crippen LogP contribution in [0.5, 0.6) is 0 Å². The molecule has 2 aliphatic heterocycles. The van der Waals surface area contributed by atoms with Crippen molar-refractivity contribution in [2.75, 3.05) is 6.54 Å². The maximum atomic E-state index is 13.0. The first kappa shape index (κ1) is 29.7. The molecule has 1 N–H and O–H groups in total. The van der Waals surface area contributed by atoms with Crippen molar-refractivity contribution in [1.82, 2.24) is 9.80 Å². The number of carboxylic acids is 1. The van der Waals surface area contributed by atoms with E-state index in [0.717, 1.165) is 22.9 Å². The summed E-state index contributed by atoms with van der Waals surface area (Å²) in [4.78, 5) is 41.6. The summed E-state index contributed by atoms with van der Waals surface area (Å²) >= 11 is 13.1. The van der Waals surface area contributed by atoms with Crippen LogP contribution in [-0.2, 0) is 14.4 Å². The van der Waals surface area contributed by atoms with E-state index in [1.165, 1.54) is 16.7 Å². The second-order valence-corrected chi connectivity index (χ2v) is 12.2. The van der Waals surface area contributed by atoms with Gasteiger partial charge in [-0.25, -0.2) is 4.79 Å². The van der Waals surface area contributed by atoms with Gasteiger partial charge < -0.3 is 5.11 Å². The van der Waals surface area contributed by atoms with Crippen LogP contribution in [0.15, 0.2) is 94.8 Å². The zero-order valence-electron chi connectivity index (χ0n) is 21.3. The van der Waals surface area contributed by atoms with Crippen LogP contribution >= 0.6 is 48.0 Å². The molecular formula is C30H26N2O4S4. The van der Waals surface area contributed by atoms with E-state index in [0.29, 0.717) is 33.5 Å². The summed E-state index contributed by atoms with van der Waals surface area (Å²) < 4.78 is 0.701. The van der Waals surface area contributed by atoms with E-state index in [2.05, 4.69) is 0 Å². The monoisotopic (exact) mass is 606 g/mol. The highest BCUT2D eigenvalue weighted by Crippen LogP contribution is 2.34. The van der Waals surface area contributed by atoms with Gasteiger partial charge in [0, 0.05) is 6.54 Å². The molecule has 40 heavy (non-hydrogen) atoms. The molecule has 2 fully saturated rings. The van der Waals surface area contributed by atoms with Crippen LogP contribution in [0.2, 0.25) is 0 Å². The van der Waals surface area contributed by atoms with Crippen molar-refractivity contribution in [3.63, 3.8) is 0 Å². The SMILES string of the molecule is O=C(O)C(CCCCN1C(=O)C(=CC=Cc2ccccc2)SC1=S)N1C(=O)C(=CC=Cc2ccccc2)SC1=S. The largest absolute Gasteiger partial charge is 0.480 e. The number of thiocarbonyl (C=S) groups is 2. The van der Waals surface area contributed by atoms with Crippen LogP contribution in [0.3, 0.4) is 0 Å². The van der Waals surface area contributed by atoms with Crippen molar-refractivity contribution in [2.24, 2.45) is 0 Å². The summed E-state index contributed by atoms with van der Waals surface area (Å²) in [7, 11) is 0. The van der Waals surface area contributed by atoms with Crippen molar-refractivity contribution < 1.29 is 19.5 Å². The maximum absolute atomic E-state index is 13.0. The first-order valence-corrected chi connectivity index (χ1v) is 15.0. The Kier molecular flexibility index (Phi) is 10.7. The summed E-state index contributed by atoms with van der Waals surface area (Å²) in [5.41, 5.74) is 2.01. The van der Waals surface area contributed by atoms with E-state index < -0.39 is 17.9 Å². The maximum Gasteiger partial charge on any atom is 0.326 e. The van der Waals surface area contributed by atoms with Gasteiger partial charge in [-0.05, 0) is 42.5 Å². The number of carboxylic acid groups (broad SMARTS) is 1. The highest BCUT2D eigenvalue weighted by molar-refractivity contribution is 8.27. The highest BCUT2D eigenvalue weighted by atomic mass is 32.2.